The Kier molecular flexibility index (Phi) is 2.18. The highest BCUT2D eigenvalue weighted by molar-refractivity contribution is 6.10. The summed E-state index contributed by atoms with van der Waals surface area (Å²) in [4.78, 5) is 28.0. The maximum absolute atomic E-state index is 12.4. The van der Waals surface area contributed by atoms with E-state index < -0.39 is 0 Å². The van der Waals surface area contributed by atoms with E-state index in [1.54, 1.807) is 22.9 Å². The first-order chi connectivity index (χ1) is 8.20. The van der Waals surface area contributed by atoms with Gasteiger partial charge in [0.25, 0.3) is 5.91 Å². The third-order valence-electron chi connectivity index (χ3n) is 3.63. The molecule has 0 N–H and O–H groups in total. The summed E-state index contributed by atoms with van der Waals surface area (Å²) in [6, 6.07) is 7.05. The van der Waals surface area contributed by atoms with Crippen LogP contribution in [0.1, 0.15) is 23.2 Å². The van der Waals surface area contributed by atoms with Crippen molar-refractivity contribution in [1.82, 2.24) is 4.90 Å². The molecule has 4 heteroatoms. The third kappa shape index (κ3) is 1.37. The Hall–Kier alpha value is -1.84. The monoisotopic (exact) mass is 230 g/mol. The minimum Gasteiger partial charge on any atom is -0.327 e. The lowest BCUT2D eigenvalue weighted by Gasteiger charge is -2.22. The molecule has 4 nitrogen and oxygen atoms in total. The molecule has 1 aromatic rings. The number of rotatable bonds is 0. The molecule has 1 aromatic carbocycles. The first kappa shape index (κ1) is 10.3. The maximum Gasteiger partial charge on any atom is 0.256 e. The van der Waals surface area contributed by atoms with Crippen LogP contribution in [-0.2, 0) is 4.79 Å². The van der Waals surface area contributed by atoms with Crippen LogP contribution in [0.15, 0.2) is 24.3 Å². The Morgan fingerprint density at radius 3 is 2.82 bits per heavy atom. The lowest BCUT2D eigenvalue weighted by atomic mass is 10.1. The van der Waals surface area contributed by atoms with E-state index >= 15 is 0 Å². The van der Waals surface area contributed by atoms with E-state index in [2.05, 4.69) is 0 Å². The van der Waals surface area contributed by atoms with E-state index in [-0.39, 0.29) is 17.9 Å². The molecular formula is C13H14N2O2. The molecule has 2 amide bonds. The first-order valence-corrected chi connectivity index (χ1v) is 5.87. The zero-order valence-electron chi connectivity index (χ0n) is 9.72. The van der Waals surface area contributed by atoms with Crippen molar-refractivity contribution in [2.45, 2.75) is 18.9 Å². The second kappa shape index (κ2) is 3.58. The normalized spacial score (nSPS) is 23.5. The lowest BCUT2D eigenvalue weighted by molar-refractivity contribution is -0.121. The number of benzene rings is 1. The average molecular weight is 230 g/mol. The number of nitrogens with zero attached hydrogens (tertiary/aromatic N) is 2. The van der Waals surface area contributed by atoms with E-state index in [9.17, 15) is 9.59 Å². The van der Waals surface area contributed by atoms with Crippen LogP contribution in [0.3, 0.4) is 0 Å². The summed E-state index contributed by atoms with van der Waals surface area (Å²) >= 11 is 0. The number of para-hydroxylation sites is 1. The first-order valence-electron chi connectivity index (χ1n) is 5.87. The van der Waals surface area contributed by atoms with Crippen molar-refractivity contribution >= 4 is 17.5 Å². The molecule has 88 valence electrons. The van der Waals surface area contributed by atoms with Gasteiger partial charge >= 0.3 is 0 Å². The Labute approximate surface area is 99.8 Å². The second-order valence-electron chi connectivity index (χ2n) is 4.57. The number of likely N-dealkylation sites (N-methyl/N-ethyl adjacent to an activating group) is 1. The molecule has 0 radical (unpaired) electrons. The number of carbonyl (C=O) groups is 2. The van der Waals surface area contributed by atoms with Gasteiger partial charge in [0.2, 0.25) is 5.91 Å². The van der Waals surface area contributed by atoms with Gasteiger partial charge in [-0.05, 0) is 25.0 Å². The van der Waals surface area contributed by atoms with Crippen LogP contribution in [0.25, 0.3) is 0 Å². The largest absolute Gasteiger partial charge is 0.327 e. The number of anilines is 1. The summed E-state index contributed by atoms with van der Waals surface area (Å²) in [6.45, 7) is 0.692. The molecule has 1 saturated heterocycles. The minimum absolute atomic E-state index is 0.0131. The van der Waals surface area contributed by atoms with E-state index in [1.807, 2.05) is 18.2 Å². The van der Waals surface area contributed by atoms with E-state index in [4.69, 9.17) is 0 Å². The summed E-state index contributed by atoms with van der Waals surface area (Å²) in [7, 11) is 1.75. The average Bonchev–Trinajstić information content (AvgIpc) is 2.82. The van der Waals surface area contributed by atoms with Crippen molar-refractivity contribution in [2.24, 2.45) is 0 Å². The number of hydrogen-bond acceptors (Lipinski definition) is 2. The number of carbonyl (C=O) groups excluding carboxylic acids is 2. The summed E-state index contributed by atoms with van der Waals surface area (Å²) in [6.07, 6.45) is 1.70. The molecule has 3 rings (SSSR count). The van der Waals surface area contributed by atoms with Gasteiger partial charge in [0, 0.05) is 13.6 Å². The van der Waals surface area contributed by atoms with Crippen LogP contribution in [0.4, 0.5) is 5.69 Å². The van der Waals surface area contributed by atoms with Crippen LogP contribution in [0, 0.1) is 0 Å². The van der Waals surface area contributed by atoms with Crippen LogP contribution in [0.5, 0.6) is 0 Å². The van der Waals surface area contributed by atoms with Gasteiger partial charge in [0.05, 0.1) is 11.3 Å². The summed E-state index contributed by atoms with van der Waals surface area (Å²) in [5, 5.41) is 0. The third-order valence-corrected chi connectivity index (χ3v) is 3.63. The molecule has 0 spiro atoms. The van der Waals surface area contributed by atoms with Gasteiger partial charge in [-0.2, -0.15) is 0 Å². The van der Waals surface area contributed by atoms with Gasteiger partial charge in [-0.3, -0.25) is 9.59 Å². The van der Waals surface area contributed by atoms with E-state index in [0.29, 0.717) is 12.1 Å². The van der Waals surface area contributed by atoms with Crippen molar-refractivity contribution in [3.63, 3.8) is 0 Å². The van der Waals surface area contributed by atoms with E-state index in [0.717, 1.165) is 18.5 Å². The lowest BCUT2D eigenvalue weighted by Crippen LogP contribution is -2.43. The molecular weight excluding hydrogens is 216 g/mol. The molecule has 0 aromatic heterocycles. The van der Waals surface area contributed by atoms with Crippen LogP contribution in [0.2, 0.25) is 0 Å². The molecule has 2 heterocycles. The molecule has 17 heavy (non-hydrogen) atoms. The van der Waals surface area contributed by atoms with Crippen molar-refractivity contribution in [2.75, 3.05) is 18.5 Å². The van der Waals surface area contributed by atoms with Gasteiger partial charge < -0.3 is 9.80 Å². The molecule has 2 aliphatic rings. The zero-order chi connectivity index (χ0) is 12.0. The molecule has 0 unspecified atom stereocenters. The number of amides is 2. The SMILES string of the molecule is CN1C(=O)[C@H]2CCCN2C(=O)c2ccccc21. The highest BCUT2D eigenvalue weighted by Crippen LogP contribution is 2.31. The molecule has 0 bridgehead atoms. The highest BCUT2D eigenvalue weighted by atomic mass is 16.2. The second-order valence-corrected chi connectivity index (χ2v) is 4.57. The molecule has 1 atom stereocenters. The fraction of sp³-hybridized carbons (Fsp3) is 0.385. The Morgan fingerprint density at radius 2 is 2.00 bits per heavy atom. The van der Waals surface area contributed by atoms with Crippen molar-refractivity contribution in [1.29, 1.82) is 0 Å². The van der Waals surface area contributed by atoms with Crippen LogP contribution >= 0.6 is 0 Å². The van der Waals surface area contributed by atoms with Crippen molar-refractivity contribution in [3.8, 4) is 0 Å². The Balaban J connectivity index is 2.17. The van der Waals surface area contributed by atoms with Crippen molar-refractivity contribution < 1.29 is 9.59 Å². The Bertz CT molecular complexity index is 498. The predicted octanol–water partition coefficient (Wildman–Crippen LogP) is 1.27. The minimum atomic E-state index is -0.264. The summed E-state index contributed by atoms with van der Waals surface area (Å²) < 4.78 is 0. The summed E-state index contributed by atoms with van der Waals surface area (Å²) in [5.41, 5.74) is 1.35. The van der Waals surface area contributed by atoms with Crippen molar-refractivity contribution in [3.05, 3.63) is 29.8 Å². The maximum atomic E-state index is 12.4. The Morgan fingerprint density at radius 1 is 1.24 bits per heavy atom. The van der Waals surface area contributed by atoms with Crippen LogP contribution < -0.4 is 4.90 Å². The van der Waals surface area contributed by atoms with E-state index in [1.165, 1.54) is 0 Å². The molecule has 0 aliphatic carbocycles. The topological polar surface area (TPSA) is 40.6 Å². The van der Waals surface area contributed by atoms with Gasteiger partial charge in [-0.25, -0.2) is 0 Å². The molecule has 0 saturated carbocycles. The molecule has 2 aliphatic heterocycles. The number of fused-ring (bicyclic) bond motifs is 2. The highest BCUT2D eigenvalue weighted by Gasteiger charge is 2.40. The van der Waals surface area contributed by atoms with Gasteiger partial charge in [-0.15, -0.1) is 0 Å². The van der Waals surface area contributed by atoms with Crippen LogP contribution in [-0.4, -0.2) is 36.3 Å². The predicted molar refractivity (Wildman–Crippen MR) is 63.9 cm³/mol. The van der Waals surface area contributed by atoms with Gasteiger partial charge in [0.1, 0.15) is 6.04 Å². The van der Waals surface area contributed by atoms with Gasteiger partial charge in [0.15, 0.2) is 0 Å². The molecule has 1 fully saturated rings. The standard InChI is InChI=1S/C13H14N2O2/c1-14-10-6-3-2-5-9(10)12(16)15-8-4-7-11(15)13(14)17/h2-3,5-6,11H,4,7-8H2,1H3/t11-/m1/s1. The number of hydrogen-bond donors (Lipinski definition) is 0. The fourth-order valence-electron chi connectivity index (χ4n) is 2.71. The summed E-state index contributed by atoms with van der Waals surface area (Å²) in [5.74, 6) is 0.0154. The fourth-order valence-corrected chi connectivity index (χ4v) is 2.71. The quantitative estimate of drug-likeness (QED) is 0.673. The van der Waals surface area contributed by atoms with Gasteiger partial charge in [-0.1, -0.05) is 12.1 Å². The zero-order valence-corrected chi connectivity index (χ0v) is 9.72. The smallest absolute Gasteiger partial charge is 0.256 e.